The zero-order valence-corrected chi connectivity index (χ0v) is 22.4. The number of hydrogen-bond donors (Lipinski definition) is 0. The van der Waals surface area contributed by atoms with Crippen molar-refractivity contribution >= 4 is 46.4 Å². The van der Waals surface area contributed by atoms with E-state index in [4.69, 9.17) is 23.2 Å². The van der Waals surface area contributed by atoms with Crippen LogP contribution >= 0.6 is 34.5 Å². The van der Waals surface area contributed by atoms with E-state index in [-0.39, 0.29) is 35.1 Å². The minimum absolute atomic E-state index is 0.0896. The standard InChI is InChI=1S/C27H29Cl2FN2O2S/c1-4-18(2)14-32(27(34)24-12-8-21(28)13-25(24)29)17-26(33)31(16-23-11-5-19(3)35-23)15-20-6-9-22(30)10-7-20/h5-13,18H,4,14-17H2,1-3H3. The van der Waals surface area contributed by atoms with E-state index in [0.717, 1.165) is 21.7 Å². The van der Waals surface area contributed by atoms with Gasteiger partial charge in [0.2, 0.25) is 5.91 Å². The van der Waals surface area contributed by atoms with Gasteiger partial charge in [0.25, 0.3) is 5.91 Å². The van der Waals surface area contributed by atoms with Crippen molar-refractivity contribution < 1.29 is 14.0 Å². The fourth-order valence-electron chi connectivity index (χ4n) is 3.62. The lowest BCUT2D eigenvalue weighted by molar-refractivity contribution is -0.133. The van der Waals surface area contributed by atoms with Crippen molar-refractivity contribution in [3.05, 3.63) is 91.3 Å². The Morgan fingerprint density at radius 1 is 1.00 bits per heavy atom. The summed E-state index contributed by atoms with van der Waals surface area (Å²) in [5, 5.41) is 0.689. The van der Waals surface area contributed by atoms with Crippen LogP contribution < -0.4 is 0 Å². The second-order valence-corrected chi connectivity index (χ2v) is 10.9. The molecule has 0 radical (unpaired) electrons. The van der Waals surface area contributed by atoms with Crippen LogP contribution in [0.15, 0.2) is 54.6 Å². The van der Waals surface area contributed by atoms with Gasteiger partial charge in [-0.25, -0.2) is 4.39 Å². The highest BCUT2D eigenvalue weighted by molar-refractivity contribution is 7.11. The van der Waals surface area contributed by atoms with Crippen molar-refractivity contribution in [2.24, 2.45) is 5.92 Å². The molecule has 1 heterocycles. The summed E-state index contributed by atoms with van der Waals surface area (Å²) in [4.78, 5) is 32.5. The molecule has 35 heavy (non-hydrogen) atoms. The lowest BCUT2D eigenvalue weighted by Gasteiger charge is -2.29. The van der Waals surface area contributed by atoms with E-state index in [2.05, 4.69) is 0 Å². The van der Waals surface area contributed by atoms with Crippen LogP contribution in [0.5, 0.6) is 0 Å². The predicted molar refractivity (Wildman–Crippen MR) is 142 cm³/mol. The molecule has 8 heteroatoms. The number of amides is 2. The number of carbonyl (C=O) groups is 2. The molecule has 186 valence electrons. The summed E-state index contributed by atoms with van der Waals surface area (Å²) < 4.78 is 13.4. The average molecular weight is 536 g/mol. The first-order chi connectivity index (χ1) is 16.7. The topological polar surface area (TPSA) is 40.6 Å². The van der Waals surface area contributed by atoms with Gasteiger partial charge in [-0.2, -0.15) is 0 Å². The second kappa shape index (κ2) is 12.5. The highest BCUT2D eigenvalue weighted by Crippen LogP contribution is 2.24. The summed E-state index contributed by atoms with van der Waals surface area (Å²) >= 11 is 13.9. The van der Waals surface area contributed by atoms with E-state index in [1.54, 1.807) is 45.4 Å². The van der Waals surface area contributed by atoms with Gasteiger partial charge in [-0.3, -0.25) is 9.59 Å². The largest absolute Gasteiger partial charge is 0.332 e. The van der Waals surface area contributed by atoms with Crippen molar-refractivity contribution in [2.45, 2.75) is 40.3 Å². The minimum Gasteiger partial charge on any atom is -0.332 e. The molecule has 0 aliphatic rings. The number of thiophene rings is 1. The van der Waals surface area contributed by atoms with Gasteiger partial charge >= 0.3 is 0 Å². The quantitative estimate of drug-likeness (QED) is 0.275. The fourth-order valence-corrected chi connectivity index (χ4v) is 5.02. The van der Waals surface area contributed by atoms with Gasteiger partial charge in [-0.15, -0.1) is 11.3 Å². The smallest absolute Gasteiger partial charge is 0.255 e. The lowest BCUT2D eigenvalue weighted by Crippen LogP contribution is -2.44. The van der Waals surface area contributed by atoms with Crippen LogP contribution in [0.3, 0.4) is 0 Å². The second-order valence-electron chi connectivity index (χ2n) is 8.71. The molecule has 3 aromatic rings. The normalized spacial score (nSPS) is 11.8. The van der Waals surface area contributed by atoms with E-state index >= 15 is 0 Å². The van der Waals surface area contributed by atoms with Gasteiger partial charge in [0, 0.05) is 27.9 Å². The van der Waals surface area contributed by atoms with Crippen LogP contribution in [0.1, 0.15) is 45.9 Å². The molecule has 0 saturated carbocycles. The zero-order valence-electron chi connectivity index (χ0n) is 20.1. The lowest BCUT2D eigenvalue weighted by atomic mass is 10.1. The summed E-state index contributed by atoms with van der Waals surface area (Å²) in [7, 11) is 0. The van der Waals surface area contributed by atoms with E-state index in [1.165, 1.54) is 18.2 Å². The maximum absolute atomic E-state index is 13.6. The molecular weight excluding hydrogens is 506 g/mol. The zero-order chi connectivity index (χ0) is 25.5. The molecule has 4 nitrogen and oxygen atoms in total. The molecule has 0 aliphatic heterocycles. The van der Waals surface area contributed by atoms with E-state index in [0.29, 0.717) is 30.2 Å². The fraction of sp³-hybridized carbons (Fsp3) is 0.333. The summed E-state index contributed by atoms with van der Waals surface area (Å²) in [5.74, 6) is -0.634. The van der Waals surface area contributed by atoms with E-state index in [1.807, 2.05) is 32.9 Å². The maximum Gasteiger partial charge on any atom is 0.255 e. The van der Waals surface area contributed by atoms with Crippen LogP contribution in [0.25, 0.3) is 0 Å². The van der Waals surface area contributed by atoms with Crippen LogP contribution in [-0.4, -0.2) is 34.7 Å². The molecule has 2 aromatic carbocycles. The monoisotopic (exact) mass is 534 g/mol. The third-order valence-electron chi connectivity index (χ3n) is 5.79. The van der Waals surface area contributed by atoms with Crippen molar-refractivity contribution in [1.29, 1.82) is 0 Å². The Morgan fingerprint density at radius 3 is 2.31 bits per heavy atom. The molecule has 1 aromatic heterocycles. The number of nitrogens with zero attached hydrogens (tertiary/aromatic N) is 2. The summed E-state index contributed by atoms with van der Waals surface area (Å²) in [6.45, 7) is 7.15. The summed E-state index contributed by atoms with van der Waals surface area (Å²) in [5.41, 5.74) is 1.12. The van der Waals surface area contributed by atoms with Gasteiger partial charge in [0.1, 0.15) is 12.4 Å². The van der Waals surface area contributed by atoms with Crippen molar-refractivity contribution in [2.75, 3.05) is 13.1 Å². The van der Waals surface area contributed by atoms with Crippen molar-refractivity contribution in [3.63, 3.8) is 0 Å². The number of benzene rings is 2. The van der Waals surface area contributed by atoms with E-state index < -0.39 is 0 Å². The molecule has 0 N–H and O–H groups in total. The first-order valence-corrected chi connectivity index (χ1v) is 13.0. The molecule has 0 aliphatic carbocycles. The molecule has 1 atom stereocenters. The molecule has 1 unspecified atom stereocenters. The Bertz CT molecular complexity index is 1170. The van der Waals surface area contributed by atoms with E-state index in [9.17, 15) is 14.0 Å². The Hall–Kier alpha value is -2.41. The summed E-state index contributed by atoms with van der Waals surface area (Å²) in [6.07, 6.45) is 0.861. The molecule has 3 rings (SSSR count). The highest BCUT2D eigenvalue weighted by atomic mass is 35.5. The Kier molecular flexibility index (Phi) is 9.72. The van der Waals surface area contributed by atoms with Gasteiger partial charge in [0.15, 0.2) is 0 Å². The molecule has 2 amide bonds. The third-order valence-corrected chi connectivity index (χ3v) is 7.32. The molecule has 0 fully saturated rings. The molecule has 0 saturated heterocycles. The van der Waals surface area contributed by atoms with Crippen molar-refractivity contribution in [3.8, 4) is 0 Å². The van der Waals surface area contributed by atoms with Crippen LogP contribution in [0, 0.1) is 18.7 Å². The Morgan fingerprint density at radius 2 is 1.71 bits per heavy atom. The Balaban J connectivity index is 1.86. The molecular formula is C27H29Cl2FN2O2S. The SMILES string of the molecule is CCC(C)CN(CC(=O)N(Cc1ccc(F)cc1)Cc1ccc(C)s1)C(=O)c1ccc(Cl)cc1Cl. The summed E-state index contributed by atoms with van der Waals surface area (Å²) in [6, 6.07) is 14.9. The van der Waals surface area contributed by atoms with Gasteiger partial charge < -0.3 is 9.80 Å². The number of rotatable bonds is 10. The number of hydrogen-bond acceptors (Lipinski definition) is 3. The third kappa shape index (κ3) is 7.79. The van der Waals surface area contributed by atoms with Gasteiger partial charge in [0.05, 0.1) is 17.1 Å². The number of carbonyl (C=O) groups excluding carboxylic acids is 2. The number of halogens is 3. The first kappa shape index (κ1) is 27.2. The van der Waals surface area contributed by atoms with Crippen LogP contribution in [-0.2, 0) is 17.9 Å². The van der Waals surface area contributed by atoms with Crippen LogP contribution in [0.4, 0.5) is 4.39 Å². The maximum atomic E-state index is 13.6. The van der Waals surface area contributed by atoms with Gasteiger partial charge in [-0.1, -0.05) is 55.6 Å². The predicted octanol–water partition coefficient (Wildman–Crippen LogP) is 7.22. The average Bonchev–Trinajstić information content (AvgIpc) is 3.23. The number of aryl methyl sites for hydroxylation is 1. The first-order valence-electron chi connectivity index (χ1n) is 11.5. The molecule has 0 bridgehead atoms. The highest BCUT2D eigenvalue weighted by Gasteiger charge is 2.25. The Labute approximate surface area is 220 Å². The molecule has 0 spiro atoms. The van der Waals surface area contributed by atoms with Crippen molar-refractivity contribution in [1.82, 2.24) is 9.80 Å². The van der Waals surface area contributed by atoms with Gasteiger partial charge in [-0.05, 0) is 60.9 Å². The van der Waals surface area contributed by atoms with Crippen LogP contribution in [0.2, 0.25) is 10.0 Å². The minimum atomic E-state index is -0.328.